The van der Waals surface area contributed by atoms with Gasteiger partial charge in [-0.1, -0.05) is 6.07 Å². The van der Waals surface area contributed by atoms with Crippen LogP contribution in [0.4, 0.5) is 9.18 Å². The Morgan fingerprint density at radius 1 is 1.43 bits per heavy atom. The number of amides is 1. The first-order chi connectivity index (χ1) is 10.7. The Morgan fingerprint density at radius 3 is 2.70 bits per heavy atom. The molecule has 0 aromatic heterocycles. The highest BCUT2D eigenvalue weighted by molar-refractivity contribution is 7.83. The number of ether oxygens (including phenoxy) is 1. The highest BCUT2D eigenvalue weighted by Gasteiger charge is 2.30. The average molecular weight is 342 g/mol. The number of rotatable bonds is 3. The SMILES string of the molecule is CN[S@](=O)c1ccc(C2CCN(C(=O)OC(C)(C)C)C2)cc1F. The van der Waals surface area contributed by atoms with Crippen molar-refractivity contribution in [1.82, 2.24) is 9.62 Å². The van der Waals surface area contributed by atoms with Gasteiger partial charge in [0.1, 0.15) is 22.4 Å². The van der Waals surface area contributed by atoms with Crippen molar-refractivity contribution < 1.29 is 18.1 Å². The van der Waals surface area contributed by atoms with Gasteiger partial charge in [0.2, 0.25) is 0 Å². The van der Waals surface area contributed by atoms with E-state index in [1.807, 2.05) is 20.8 Å². The van der Waals surface area contributed by atoms with Gasteiger partial charge in [-0.25, -0.2) is 18.1 Å². The highest BCUT2D eigenvalue weighted by atomic mass is 32.2. The normalized spacial score (nSPS) is 19.7. The Morgan fingerprint density at radius 2 is 2.13 bits per heavy atom. The van der Waals surface area contributed by atoms with Crippen molar-refractivity contribution in [2.24, 2.45) is 0 Å². The number of carbonyl (C=O) groups excluding carboxylic acids is 1. The molecule has 1 aliphatic rings. The minimum atomic E-state index is -1.55. The Bertz CT molecular complexity index is 616. The van der Waals surface area contributed by atoms with Crippen LogP contribution in [0.5, 0.6) is 0 Å². The fourth-order valence-corrected chi connectivity index (χ4v) is 3.20. The van der Waals surface area contributed by atoms with Crippen molar-refractivity contribution in [2.75, 3.05) is 20.1 Å². The summed E-state index contributed by atoms with van der Waals surface area (Å²) in [6.45, 7) is 6.57. The number of nitrogens with one attached hydrogen (secondary N) is 1. The van der Waals surface area contributed by atoms with Gasteiger partial charge in [0.05, 0.1) is 4.90 Å². The zero-order valence-electron chi connectivity index (χ0n) is 13.9. The number of likely N-dealkylation sites (tertiary alicyclic amines) is 1. The monoisotopic (exact) mass is 342 g/mol. The van der Waals surface area contributed by atoms with Gasteiger partial charge < -0.3 is 9.64 Å². The van der Waals surface area contributed by atoms with Crippen molar-refractivity contribution in [3.05, 3.63) is 29.6 Å². The van der Waals surface area contributed by atoms with Gasteiger partial charge in [0.25, 0.3) is 0 Å². The first kappa shape index (κ1) is 17.9. The van der Waals surface area contributed by atoms with Gasteiger partial charge in [-0.15, -0.1) is 0 Å². The van der Waals surface area contributed by atoms with E-state index in [1.54, 1.807) is 11.0 Å². The summed E-state index contributed by atoms with van der Waals surface area (Å²) >= 11 is 0. The van der Waals surface area contributed by atoms with Crippen LogP contribution in [0.2, 0.25) is 0 Å². The molecule has 5 nitrogen and oxygen atoms in total. The predicted molar refractivity (Wildman–Crippen MR) is 87.0 cm³/mol. The van der Waals surface area contributed by atoms with Gasteiger partial charge in [0, 0.05) is 19.0 Å². The maximum absolute atomic E-state index is 14.1. The maximum atomic E-state index is 14.1. The van der Waals surface area contributed by atoms with Crippen molar-refractivity contribution in [1.29, 1.82) is 0 Å². The van der Waals surface area contributed by atoms with Gasteiger partial charge in [0.15, 0.2) is 0 Å². The lowest BCUT2D eigenvalue weighted by Gasteiger charge is -2.24. The van der Waals surface area contributed by atoms with E-state index < -0.39 is 22.4 Å². The number of hydrogen-bond donors (Lipinski definition) is 1. The molecule has 0 saturated carbocycles. The third kappa shape index (κ3) is 4.51. The minimum absolute atomic E-state index is 0.0640. The molecule has 1 saturated heterocycles. The molecule has 1 aliphatic heterocycles. The summed E-state index contributed by atoms with van der Waals surface area (Å²) < 4.78 is 33.6. The molecule has 2 atom stereocenters. The zero-order valence-corrected chi connectivity index (χ0v) is 14.7. The first-order valence-electron chi connectivity index (χ1n) is 7.58. The summed E-state index contributed by atoms with van der Waals surface area (Å²) in [6, 6.07) is 4.72. The molecule has 7 heteroatoms. The largest absolute Gasteiger partial charge is 0.444 e. The Labute approximate surface area is 138 Å². The van der Waals surface area contributed by atoms with Crippen LogP contribution in [0, 0.1) is 5.82 Å². The van der Waals surface area contributed by atoms with Crippen LogP contribution in [0.15, 0.2) is 23.1 Å². The lowest BCUT2D eigenvalue weighted by molar-refractivity contribution is 0.0292. The molecule has 128 valence electrons. The van der Waals surface area contributed by atoms with E-state index in [-0.39, 0.29) is 16.9 Å². The van der Waals surface area contributed by atoms with E-state index in [0.717, 1.165) is 12.0 Å². The highest BCUT2D eigenvalue weighted by Crippen LogP contribution is 2.29. The van der Waals surface area contributed by atoms with Crippen LogP contribution < -0.4 is 4.72 Å². The topological polar surface area (TPSA) is 58.6 Å². The van der Waals surface area contributed by atoms with Crippen LogP contribution in [0.1, 0.15) is 38.7 Å². The van der Waals surface area contributed by atoms with Gasteiger partial charge in [-0.2, -0.15) is 0 Å². The molecule has 0 radical (unpaired) electrons. The quantitative estimate of drug-likeness (QED) is 0.919. The van der Waals surface area contributed by atoms with E-state index in [1.165, 1.54) is 19.2 Å². The molecule has 0 aliphatic carbocycles. The van der Waals surface area contributed by atoms with E-state index in [0.29, 0.717) is 13.1 Å². The van der Waals surface area contributed by atoms with Crippen LogP contribution in [0.25, 0.3) is 0 Å². The number of nitrogens with zero attached hydrogens (tertiary/aromatic N) is 1. The Kier molecular flexibility index (Phi) is 5.41. The molecular formula is C16H23FN2O3S. The van der Waals surface area contributed by atoms with E-state index >= 15 is 0 Å². The summed E-state index contributed by atoms with van der Waals surface area (Å²) in [5.41, 5.74) is 0.283. The van der Waals surface area contributed by atoms with E-state index in [2.05, 4.69) is 4.72 Å². The molecule has 1 aromatic rings. The lowest BCUT2D eigenvalue weighted by atomic mass is 9.98. The molecule has 1 heterocycles. The molecule has 1 amide bonds. The molecule has 1 fully saturated rings. The molecular weight excluding hydrogens is 319 g/mol. The summed E-state index contributed by atoms with van der Waals surface area (Å²) in [7, 11) is -0.0340. The lowest BCUT2D eigenvalue weighted by Crippen LogP contribution is -2.35. The van der Waals surface area contributed by atoms with Crippen LogP contribution in [0.3, 0.4) is 0 Å². The minimum Gasteiger partial charge on any atom is -0.444 e. The Balaban J connectivity index is 2.06. The maximum Gasteiger partial charge on any atom is 0.410 e. The van der Waals surface area contributed by atoms with Crippen LogP contribution >= 0.6 is 0 Å². The van der Waals surface area contributed by atoms with Gasteiger partial charge >= 0.3 is 6.09 Å². The third-order valence-electron chi connectivity index (χ3n) is 3.65. The van der Waals surface area contributed by atoms with E-state index in [4.69, 9.17) is 4.74 Å². The average Bonchev–Trinajstić information content (AvgIpc) is 2.94. The second-order valence-corrected chi connectivity index (χ2v) is 7.96. The van der Waals surface area contributed by atoms with E-state index in [9.17, 15) is 13.4 Å². The molecule has 23 heavy (non-hydrogen) atoms. The molecule has 1 unspecified atom stereocenters. The number of carbonyl (C=O) groups is 1. The number of halogens is 1. The number of benzene rings is 1. The summed E-state index contributed by atoms with van der Waals surface area (Å²) in [4.78, 5) is 13.9. The Hall–Kier alpha value is -1.47. The molecule has 1 N–H and O–H groups in total. The fraction of sp³-hybridized carbons (Fsp3) is 0.562. The van der Waals surface area contributed by atoms with Crippen molar-refractivity contribution in [2.45, 2.75) is 43.6 Å². The van der Waals surface area contributed by atoms with Crippen LogP contribution in [-0.4, -0.2) is 40.9 Å². The van der Waals surface area contributed by atoms with Gasteiger partial charge in [-0.3, -0.25) is 0 Å². The van der Waals surface area contributed by atoms with Crippen LogP contribution in [-0.2, 0) is 15.7 Å². The first-order valence-corrected chi connectivity index (χ1v) is 8.73. The third-order valence-corrected chi connectivity index (χ3v) is 4.75. The van der Waals surface area contributed by atoms with Crippen molar-refractivity contribution in [3.63, 3.8) is 0 Å². The summed E-state index contributed by atoms with van der Waals surface area (Å²) in [6.07, 6.45) is 0.418. The molecule has 1 aromatic carbocycles. The second kappa shape index (κ2) is 6.97. The molecule has 0 bridgehead atoms. The second-order valence-electron chi connectivity index (χ2n) is 6.57. The number of hydrogen-bond acceptors (Lipinski definition) is 3. The molecule has 0 spiro atoms. The predicted octanol–water partition coefficient (Wildman–Crippen LogP) is 2.79. The van der Waals surface area contributed by atoms with Crippen molar-refractivity contribution in [3.8, 4) is 0 Å². The smallest absolute Gasteiger partial charge is 0.410 e. The zero-order chi connectivity index (χ0) is 17.2. The standard InChI is InChI=1S/C16H23FN2O3S/c1-16(2,3)22-15(20)19-8-7-12(10-19)11-5-6-14(13(17)9-11)23(21)18-4/h5-6,9,12,18H,7-8,10H2,1-4H3/t12?,23-/m1/s1. The van der Waals surface area contributed by atoms with Gasteiger partial charge in [-0.05, 0) is 51.9 Å². The molecule has 2 rings (SSSR count). The summed E-state index contributed by atoms with van der Waals surface area (Å²) in [5, 5.41) is 0. The van der Waals surface area contributed by atoms with Crippen molar-refractivity contribution >= 4 is 17.1 Å². The summed E-state index contributed by atoms with van der Waals surface area (Å²) in [5.74, 6) is -0.431. The fourth-order valence-electron chi connectivity index (χ4n) is 2.56.